The van der Waals surface area contributed by atoms with E-state index in [0.29, 0.717) is 31.7 Å². The number of nitrogens with two attached hydrogens (primary N) is 1. The second-order valence-corrected chi connectivity index (χ2v) is 5.45. The molecule has 0 saturated heterocycles. The highest BCUT2D eigenvalue weighted by molar-refractivity contribution is 5.52. The van der Waals surface area contributed by atoms with E-state index in [-0.39, 0.29) is 12.2 Å². The van der Waals surface area contributed by atoms with E-state index in [1.54, 1.807) is 0 Å². The summed E-state index contributed by atoms with van der Waals surface area (Å²) in [4.78, 5) is 0. The van der Waals surface area contributed by atoms with E-state index in [2.05, 4.69) is 6.07 Å². The molecule has 20 heavy (non-hydrogen) atoms. The summed E-state index contributed by atoms with van der Waals surface area (Å²) in [7, 11) is 0. The van der Waals surface area contributed by atoms with Crippen molar-refractivity contribution in [3.63, 3.8) is 0 Å². The smallest absolute Gasteiger partial charge is 0.231 e. The van der Waals surface area contributed by atoms with Gasteiger partial charge in [-0.05, 0) is 44.9 Å². The molecule has 1 aromatic rings. The van der Waals surface area contributed by atoms with Gasteiger partial charge in [0.1, 0.15) is 5.75 Å². The van der Waals surface area contributed by atoms with Gasteiger partial charge in [0.2, 0.25) is 6.79 Å². The van der Waals surface area contributed by atoms with Crippen LogP contribution in [0.5, 0.6) is 17.2 Å². The maximum Gasteiger partial charge on any atom is 0.231 e. The summed E-state index contributed by atoms with van der Waals surface area (Å²) < 4.78 is 16.5. The van der Waals surface area contributed by atoms with E-state index in [9.17, 15) is 0 Å². The first-order valence-electron chi connectivity index (χ1n) is 6.72. The van der Waals surface area contributed by atoms with Crippen LogP contribution in [-0.4, -0.2) is 19.9 Å². The fraction of sp³-hybridized carbons (Fsp3) is 0.533. The largest absolute Gasteiger partial charge is 0.493 e. The van der Waals surface area contributed by atoms with Crippen LogP contribution in [0.2, 0.25) is 0 Å². The van der Waals surface area contributed by atoms with Gasteiger partial charge in [-0.2, -0.15) is 5.26 Å². The summed E-state index contributed by atoms with van der Waals surface area (Å²) in [5, 5.41) is 9.00. The molecule has 1 aromatic carbocycles. The monoisotopic (exact) mass is 276 g/mol. The van der Waals surface area contributed by atoms with Gasteiger partial charge in [0.15, 0.2) is 11.5 Å². The molecule has 1 aliphatic heterocycles. The van der Waals surface area contributed by atoms with Crippen molar-refractivity contribution in [2.45, 2.75) is 26.7 Å². The van der Waals surface area contributed by atoms with Gasteiger partial charge in [-0.1, -0.05) is 0 Å². The molecular formula is C15H20N2O3. The van der Waals surface area contributed by atoms with Gasteiger partial charge in [-0.15, -0.1) is 0 Å². The lowest BCUT2D eigenvalue weighted by molar-refractivity contribution is 0.173. The van der Waals surface area contributed by atoms with E-state index in [0.717, 1.165) is 17.1 Å². The molecule has 0 atom stereocenters. The molecule has 0 saturated carbocycles. The van der Waals surface area contributed by atoms with Gasteiger partial charge >= 0.3 is 0 Å². The van der Waals surface area contributed by atoms with Crippen LogP contribution in [0.25, 0.3) is 0 Å². The van der Waals surface area contributed by atoms with E-state index in [1.165, 1.54) is 0 Å². The molecule has 0 unspecified atom stereocenters. The molecule has 2 N–H and O–H groups in total. The molecule has 108 valence electrons. The molecule has 0 bridgehead atoms. The topological polar surface area (TPSA) is 77.5 Å². The fourth-order valence-electron chi connectivity index (χ4n) is 1.92. The Hall–Kier alpha value is -1.93. The first kappa shape index (κ1) is 14.5. The van der Waals surface area contributed by atoms with Crippen molar-refractivity contribution in [2.24, 2.45) is 11.1 Å². The Balaban J connectivity index is 2.08. The lowest BCUT2D eigenvalue weighted by atomic mass is 9.92. The average Bonchev–Trinajstić information content (AvgIpc) is 2.86. The zero-order chi connectivity index (χ0) is 14.6. The highest BCUT2D eigenvalue weighted by Crippen LogP contribution is 2.38. The highest BCUT2D eigenvalue weighted by atomic mass is 16.7. The average molecular weight is 276 g/mol. The number of nitrogens with zero attached hydrogens (tertiary/aromatic N) is 1. The summed E-state index contributed by atoms with van der Waals surface area (Å²) in [6.07, 6.45) is 1.38. The first-order valence-corrected chi connectivity index (χ1v) is 6.72. The lowest BCUT2D eigenvalue weighted by Gasteiger charge is -2.17. The quantitative estimate of drug-likeness (QED) is 0.862. The van der Waals surface area contributed by atoms with Gasteiger partial charge in [-0.25, -0.2) is 0 Å². The van der Waals surface area contributed by atoms with Crippen molar-refractivity contribution in [1.29, 1.82) is 5.26 Å². The van der Waals surface area contributed by atoms with Gasteiger partial charge in [-0.3, -0.25) is 0 Å². The van der Waals surface area contributed by atoms with Crippen LogP contribution in [0, 0.1) is 16.7 Å². The molecule has 1 aliphatic rings. The minimum Gasteiger partial charge on any atom is -0.493 e. The van der Waals surface area contributed by atoms with Crippen LogP contribution in [0.4, 0.5) is 0 Å². The number of ether oxygens (including phenoxy) is 3. The van der Waals surface area contributed by atoms with Gasteiger partial charge in [0.05, 0.1) is 18.1 Å². The van der Waals surface area contributed by atoms with E-state index < -0.39 is 0 Å². The Morgan fingerprint density at radius 3 is 2.70 bits per heavy atom. The van der Waals surface area contributed by atoms with Crippen molar-refractivity contribution < 1.29 is 14.2 Å². The van der Waals surface area contributed by atoms with E-state index in [4.69, 9.17) is 25.2 Å². The van der Waals surface area contributed by atoms with Crippen molar-refractivity contribution in [3.8, 4) is 23.3 Å². The third-order valence-electron chi connectivity index (χ3n) is 3.26. The predicted octanol–water partition coefficient (Wildman–Crippen LogP) is 2.24. The fourth-order valence-corrected chi connectivity index (χ4v) is 1.92. The van der Waals surface area contributed by atoms with Gasteiger partial charge < -0.3 is 19.9 Å². The van der Waals surface area contributed by atoms with Crippen LogP contribution < -0.4 is 19.9 Å². The van der Waals surface area contributed by atoms with Crippen LogP contribution in [0.15, 0.2) is 12.1 Å². The lowest BCUT2D eigenvalue weighted by Crippen LogP contribution is -2.14. The number of hydrogen-bond acceptors (Lipinski definition) is 5. The summed E-state index contributed by atoms with van der Waals surface area (Å²) >= 11 is 0. The molecule has 0 fully saturated rings. The zero-order valence-corrected chi connectivity index (χ0v) is 11.9. The van der Waals surface area contributed by atoms with Crippen LogP contribution in [-0.2, 0) is 6.42 Å². The molecular weight excluding hydrogens is 256 g/mol. The Kier molecular flexibility index (Phi) is 4.35. The molecule has 1 heterocycles. The van der Waals surface area contributed by atoms with Crippen LogP contribution in [0.3, 0.4) is 0 Å². The molecule has 0 aliphatic carbocycles. The Morgan fingerprint density at radius 2 is 2.05 bits per heavy atom. The predicted molar refractivity (Wildman–Crippen MR) is 74.8 cm³/mol. The molecule has 2 rings (SSSR count). The third kappa shape index (κ3) is 3.34. The molecule has 0 aromatic heterocycles. The minimum atomic E-state index is -0.385. The van der Waals surface area contributed by atoms with E-state index >= 15 is 0 Å². The standard InChI is InChI=1S/C15H20N2O3/c1-15(2,9-17)4-6-18-12-8-14-13(19-10-20-14)7-11(12)3-5-16/h7-8H,3-6,10,16H2,1-2H3. The normalized spacial score (nSPS) is 13.1. The first-order chi connectivity index (χ1) is 9.55. The molecule has 5 nitrogen and oxygen atoms in total. The maximum absolute atomic E-state index is 9.00. The van der Waals surface area contributed by atoms with Crippen LogP contribution >= 0.6 is 0 Å². The Bertz CT molecular complexity index is 521. The molecule has 5 heteroatoms. The number of benzene rings is 1. The van der Waals surface area contributed by atoms with E-state index in [1.807, 2.05) is 26.0 Å². The zero-order valence-electron chi connectivity index (χ0n) is 11.9. The number of nitriles is 1. The number of hydrogen-bond donors (Lipinski definition) is 1. The molecule has 0 amide bonds. The minimum absolute atomic E-state index is 0.238. The second-order valence-electron chi connectivity index (χ2n) is 5.45. The molecule has 0 spiro atoms. The van der Waals surface area contributed by atoms with Crippen molar-refractivity contribution >= 4 is 0 Å². The number of fused-ring (bicyclic) bond motifs is 1. The Labute approximate surface area is 119 Å². The maximum atomic E-state index is 9.00. The van der Waals surface area contributed by atoms with Crippen molar-refractivity contribution in [1.82, 2.24) is 0 Å². The molecule has 0 radical (unpaired) electrons. The summed E-state index contributed by atoms with van der Waals surface area (Å²) in [5.41, 5.74) is 6.24. The Morgan fingerprint density at radius 1 is 1.35 bits per heavy atom. The SMILES string of the molecule is CC(C)(C#N)CCOc1cc2c(cc1CCN)OCO2. The van der Waals surface area contributed by atoms with Crippen LogP contribution in [0.1, 0.15) is 25.8 Å². The highest BCUT2D eigenvalue weighted by Gasteiger charge is 2.20. The third-order valence-corrected chi connectivity index (χ3v) is 3.26. The van der Waals surface area contributed by atoms with Crippen molar-refractivity contribution in [2.75, 3.05) is 19.9 Å². The second kappa shape index (κ2) is 6.02. The number of rotatable bonds is 6. The summed E-state index contributed by atoms with van der Waals surface area (Å²) in [6.45, 7) is 5.06. The summed E-state index contributed by atoms with van der Waals surface area (Å²) in [6, 6.07) is 6.02. The van der Waals surface area contributed by atoms with Gasteiger partial charge in [0.25, 0.3) is 0 Å². The van der Waals surface area contributed by atoms with Gasteiger partial charge in [0, 0.05) is 6.07 Å². The summed E-state index contributed by atoms with van der Waals surface area (Å²) in [5.74, 6) is 2.19. The van der Waals surface area contributed by atoms with Crippen molar-refractivity contribution in [3.05, 3.63) is 17.7 Å².